The van der Waals surface area contributed by atoms with E-state index >= 15 is 0 Å². The Labute approximate surface area is 251 Å². The Morgan fingerprint density at radius 3 is 2.10 bits per heavy atom. The minimum atomic E-state index is -4.20. The van der Waals surface area contributed by atoms with E-state index in [1.807, 2.05) is 13.8 Å². The molecule has 0 aromatic heterocycles. The number of rotatable bonds is 11. The zero-order valence-electron chi connectivity index (χ0n) is 22.7. The van der Waals surface area contributed by atoms with Gasteiger partial charge in [-0.2, -0.15) is 0 Å². The molecule has 3 rings (SSSR count). The zero-order chi connectivity index (χ0) is 29.6. The van der Waals surface area contributed by atoms with Crippen LogP contribution < -0.4 is 9.62 Å². The maximum absolute atomic E-state index is 14.1. The fraction of sp³-hybridized carbons (Fsp3) is 0.310. The fourth-order valence-electron chi connectivity index (χ4n) is 4.19. The molecule has 0 aliphatic heterocycles. The number of nitrogens with zero attached hydrogens (tertiary/aromatic N) is 2. The van der Waals surface area contributed by atoms with Crippen molar-refractivity contribution in [3.63, 3.8) is 0 Å². The molecular formula is C29H32Cl3N3O4S. The fourth-order valence-corrected chi connectivity index (χ4v) is 6.19. The van der Waals surface area contributed by atoms with E-state index in [1.54, 1.807) is 50.2 Å². The number of hydrogen-bond acceptors (Lipinski definition) is 4. The first-order chi connectivity index (χ1) is 18.9. The van der Waals surface area contributed by atoms with Crippen molar-refractivity contribution in [2.75, 3.05) is 17.4 Å². The van der Waals surface area contributed by atoms with Gasteiger partial charge in [-0.3, -0.25) is 13.9 Å². The first-order valence-electron chi connectivity index (χ1n) is 12.8. The molecule has 11 heteroatoms. The van der Waals surface area contributed by atoms with Crippen LogP contribution in [0, 0.1) is 13.8 Å². The number of sulfonamides is 1. The highest BCUT2D eigenvalue weighted by atomic mass is 35.5. The number of halogens is 3. The molecule has 40 heavy (non-hydrogen) atoms. The topological polar surface area (TPSA) is 86.8 Å². The molecule has 3 aromatic carbocycles. The van der Waals surface area contributed by atoms with E-state index in [-0.39, 0.29) is 17.3 Å². The SMILES string of the molecule is CCNC(=O)[C@@H](CC)N(Cc1ccc(Cl)cc1Cl)C(=O)CN(c1ccc(C)c(C)c1)S(=O)(=O)c1ccc(Cl)cc1. The molecule has 0 saturated carbocycles. The van der Waals surface area contributed by atoms with Crippen LogP contribution in [0.5, 0.6) is 0 Å². The predicted octanol–water partition coefficient (Wildman–Crippen LogP) is 6.40. The van der Waals surface area contributed by atoms with Crippen molar-refractivity contribution >= 4 is 62.3 Å². The zero-order valence-corrected chi connectivity index (χ0v) is 25.8. The molecule has 0 spiro atoms. The van der Waals surface area contributed by atoms with Gasteiger partial charge in [0.15, 0.2) is 0 Å². The van der Waals surface area contributed by atoms with Gasteiger partial charge in [-0.05, 0) is 92.4 Å². The lowest BCUT2D eigenvalue weighted by molar-refractivity contribution is -0.140. The second-order valence-electron chi connectivity index (χ2n) is 9.31. The smallest absolute Gasteiger partial charge is 0.264 e. The van der Waals surface area contributed by atoms with Crippen LogP contribution in [0.15, 0.2) is 65.6 Å². The summed E-state index contributed by atoms with van der Waals surface area (Å²) in [4.78, 5) is 28.4. The number of carbonyl (C=O) groups excluding carboxylic acids is 2. The lowest BCUT2D eigenvalue weighted by Crippen LogP contribution is -2.52. The monoisotopic (exact) mass is 623 g/mol. The van der Waals surface area contributed by atoms with Gasteiger partial charge < -0.3 is 10.2 Å². The molecule has 0 aliphatic rings. The summed E-state index contributed by atoms with van der Waals surface area (Å²) in [5.41, 5.74) is 2.72. The van der Waals surface area contributed by atoms with Crippen LogP contribution in [-0.4, -0.2) is 44.3 Å². The van der Waals surface area contributed by atoms with Gasteiger partial charge in [0.2, 0.25) is 11.8 Å². The predicted molar refractivity (Wildman–Crippen MR) is 162 cm³/mol. The molecule has 0 bridgehead atoms. The molecule has 0 unspecified atom stereocenters. The van der Waals surface area contributed by atoms with Gasteiger partial charge in [0.25, 0.3) is 10.0 Å². The van der Waals surface area contributed by atoms with Crippen LogP contribution in [0.4, 0.5) is 5.69 Å². The highest BCUT2D eigenvalue weighted by Crippen LogP contribution is 2.28. The lowest BCUT2D eigenvalue weighted by atomic mass is 10.1. The molecule has 3 aromatic rings. The van der Waals surface area contributed by atoms with Gasteiger partial charge in [-0.1, -0.05) is 53.9 Å². The number of amides is 2. The third-order valence-electron chi connectivity index (χ3n) is 6.55. The van der Waals surface area contributed by atoms with Crippen molar-refractivity contribution in [1.29, 1.82) is 0 Å². The molecule has 7 nitrogen and oxygen atoms in total. The van der Waals surface area contributed by atoms with E-state index in [9.17, 15) is 18.0 Å². The van der Waals surface area contributed by atoms with E-state index in [2.05, 4.69) is 5.32 Å². The number of benzene rings is 3. The van der Waals surface area contributed by atoms with Crippen molar-refractivity contribution in [3.05, 3.63) is 92.4 Å². The Morgan fingerprint density at radius 1 is 0.875 bits per heavy atom. The van der Waals surface area contributed by atoms with Gasteiger partial charge in [0, 0.05) is 28.2 Å². The Balaban J connectivity index is 2.10. The van der Waals surface area contributed by atoms with Crippen LogP contribution in [0.1, 0.15) is 37.0 Å². The summed E-state index contributed by atoms with van der Waals surface area (Å²) in [5.74, 6) is -0.915. The first-order valence-corrected chi connectivity index (χ1v) is 15.3. The van der Waals surface area contributed by atoms with Crippen LogP contribution in [0.3, 0.4) is 0 Å². The normalized spacial score (nSPS) is 12.1. The van der Waals surface area contributed by atoms with Crippen molar-refractivity contribution < 1.29 is 18.0 Å². The summed E-state index contributed by atoms with van der Waals surface area (Å²) < 4.78 is 28.9. The van der Waals surface area contributed by atoms with Crippen molar-refractivity contribution in [1.82, 2.24) is 10.2 Å². The van der Waals surface area contributed by atoms with E-state index in [1.165, 1.54) is 29.2 Å². The van der Waals surface area contributed by atoms with Crippen LogP contribution in [-0.2, 0) is 26.2 Å². The van der Waals surface area contributed by atoms with Gasteiger partial charge in [0.05, 0.1) is 10.6 Å². The molecule has 214 valence electrons. The average molecular weight is 625 g/mol. The van der Waals surface area contributed by atoms with Crippen LogP contribution in [0.25, 0.3) is 0 Å². The number of likely N-dealkylation sites (N-methyl/N-ethyl adjacent to an activating group) is 1. The minimum absolute atomic E-state index is 0.0216. The third-order valence-corrected chi connectivity index (χ3v) is 9.18. The average Bonchev–Trinajstić information content (AvgIpc) is 2.90. The molecule has 1 N–H and O–H groups in total. The molecule has 1 atom stereocenters. The third kappa shape index (κ3) is 7.49. The number of carbonyl (C=O) groups is 2. The summed E-state index contributed by atoms with van der Waals surface area (Å²) in [5, 5.41) is 3.91. The second-order valence-corrected chi connectivity index (χ2v) is 12.5. The largest absolute Gasteiger partial charge is 0.355 e. The second kappa shape index (κ2) is 13.7. The maximum Gasteiger partial charge on any atom is 0.264 e. The van der Waals surface area contributed by atoms with E-state index in [0.29, 0.717) is 39.3 Å². The summed E-state index contributed by atoms with van der Waals surface area (Å²) in [6.45, 7) is 7.16. The Bertz CT molecular complexity index is 1480. The van der Waals surface area contributed by atoms with Crippen molar-refractivity contribution in [2.24, 2.45) is 0 Å². The number of anilines is 1. The highest BCUT2D eigenvalue weighted by molar-refractivity contribution is 7.92. The molecule has 2 amide bonds. The Morgan fingerprint density at radius 2 is 1.52 bits per heavy atom. The van der Waals surface area contributed by atoms with Crippen LogP contribution in [0.2, 0.25) is 15.1 Å². The van der Waals surface area contributed by atoms with Gasteiger partial charge in [-0.15, -0.1) is 0 Å². The van der Waals surface area contributed by atoms with Crippen LogP contribution >= 0.6 is 34.8 Å². The number of nitrogens with one attached hydrogen (secondary N) is 1. The van der Waals surface area contributed by atoms with E-state index in [0.717, 1.165) is 15.4 Å². The number of hydrogen-bond donors (Lipinski definition) is 1. The van der Waals surface area contributed by atoms with E-state index in [4.69, 9.17) is 34.8 Å². The summed E-state index contributed by atoms with van der Waals surface area (Å²) in [6, 6.07) is 14.9. The molecule has 0 aliphatic carbocycles. The molecule has 0 fully saturated rings. The Hall–Kier alpha value is -2.78. The molecular weight excluding hydrogens is 593 g/mol. The van der Waals surface area contributed by atoms with Crippen molar-refractivity contribution in [3.8, 4) is 0 Å². The maximum atomic E-state index is 14.1. The molecule has 0 heterocycles. The summed E-state index contributed by atoms with van der Waals surface area (Å²) >= 11 is 18.5. The Kier molecular flexibility index (Phi) is 10.9. The van der Waals surface area contributed by atoms with Gasteiger partial charge in [0.1, 0.15) is 12.6 Å². The lowest BCUT2D eigenvalue weighted by Gasteiger charge is -2.33. The molecule has 0 radical (unpaired) electrons. The standard InChI is InChI=1S/C29H32Cl3N3O4S/c1-5-27(29(37)33-6-2)34(17-21-8-9-23(31)16-26(21)32)28(36)18-35(24-12-7-19(3)20(4)15-24)40(38,39)25-13-10-22(30)11-14-25/h7-16,27H,5-6,17-18H2,1-4H3,(H,33,37)/t27-/m1/s1. The molecule has 0 saturated heterocycles. The quantitative estimate of drug-likeness (QED) is 0.267. The first kappa shape index (κ1) is 31.7. The minimum Gasteiger partial charge on any atom is -0.355 e. The van der Waals surface area contributed by atoms with E-state index < -0.39 is 28.5 Å². The van der Waals surface area contributed by atoms with Gasteiger partial charge in [-0.25, -0.2) is 8.42 Å². The van der Waals surface area contributed by atoms with Crippen molar-refractivity contribution in [2.45, 2.75) is 51.6 Å². The summed E-state index contributed by atoms with van der Waals surface area (Å²) in [6.07, 6.45) is 0.302. The highest BCUT2D eigenvalue weighted by Gasteiger charge is 2.34. The number of aryl methyl sites for hydroxylation is 2. The van der Waals surface area contributed by atoms with Gasteiger partial charge >= 0.3 is 0 Å². The summed E-state index contributed by atoms with van der Waals surface area (Å²) in [7, 11) is -4.20.